The van der Waals surface area contributed by atoms with Crippen molar-refractivity contribution in [2.75, 3.05) is 0 Å². The Morgan fingerprint density at radius 1 is 0.340 bits per heavy atom. The molecule has 0 aliphatic carbocycles. The molecule has 0 fully saturated rings. The third-order valence-electron chi connectivity index (χ3n) is 9.54. The second-order valence-corrected chi connectivity index (χ2v) is 12.5. The first-order valence-corrected chi connectivity index (χ1v) is 16.7. The summed E-state index contributed by atoms with van der Waals surface area (Å²) in [6, 6.07) is 58.4. The molecule has 0 atom stereocenters. The second kappa shape index (κ2) is 11.4. The Bertz CT molecular complexity index is 2850. The molecule has 0 saturated heterocycles. The lowest BCUT2D eigenvalue weighted by atomic mass is 9.97. The van der Waals surface area contributed by atoms with Crippen LogP contribution in [0.1, 0.15) is 0 Å². The van der Waals surface area contributed by atoms with Crippen molar-refractivity contribution in [1.82, 2.24) is 9.97 Å². The van der Waals surface area contributed by atoms with Gasteiger partial charge in [0.05, 0.1) is 11.4 Å². The van der Waals surface area contributed by atoms with Crippen molar-refractivity contribution < 1.29 is 8.83 Å². The van der Waals surface area contributed by atoms with Crippen molar-refractivity contribution in [3.63, 3.8) is 0 Å². The third kappa shape index (κ3) is 4.69. The van der Waals surface area contributed by atoms with Gasteiger partial charge in [-0.3, -0.25) is 0 Å². The first kappa shape index (κ1) is 28.3. The number of hydrogen-bond acceptors (Lipinski definition) is 4. The number of furan rings is 2. The normalized spacial score (nSPS) is 11.6. The lowest BCUT2D eigenvalue weighted by molar-refractivity contribution is 0.668. The Kier molecular flexibility index (Phi) is 6.46. The zero-order chi connectivity index (χ0) is 33.0. The van der Waals surface area contributed by atoms with Crippen LogP contribution in [0.3, 0.4) is 0 Å². The summed E-state index contributed by atoms with van der Waals surface area (Å²) in [5.74, 6) is 0.643. The average Bonchev–Trinajstić information content (AvgIpc) is 3.77. The average molecular weight is 641 g/mol. The largest absolute Gasteiger partial charge is 0.456 e. The van der Waals surface area contributed by atoms with Gasteiger partial charge in [-0.2, -0.15) is 0 Å². The predicted octanol–water partition coefficient (Wildman–Crippen LogP) is 12.6. The number of aromatic nitrogens is 2. The number of nitrogens with zero attached hydrogens (tertiary/aromatic N) is 2. The number of benzene rings is 7. The van der Waals surface area contributed by atoms with E-state index in [4.69, 9.17) is 18.8 Å². The van der Waals surface area contributed by atoms with E-state index >= 15 is 0 Å². The summed E-state index contributed by atoms with van der Waals surface area (Å²) >= 11 is 0. The number of rotatable bonds is 5. The highest BCUT2D eigenvalue weighted by Crippen LogP contribution is 2.43. The molecule has 7 aromatic carbocycles. The molecule has 0 aliphatic heterocycles. The van der Waals surface area contributed by atoms with Crippen LogP contribution in [-0.2, 0) is 0 Å². The minimum absolute atomic E-state index is 0.643. The second-order valence-electron chi connectivity index (χ2n) is 12.5. The quantitative estimate of drug-likeness (QED) is 0.188. The predicted molar refractivity (Wildman–Crippen MR) is 204 cm³/mol. The molecule has 0 N–H and O–H groups in total. The van der Waals surface area contributed by atoms with E-state index < -0.39 is 0 Å². The molecular formula is C46H28N2O2. The van der Waals surface area contributed by atoms with Gasteiger partial charge in [-0.15, -0.1) is 0 Å². The molecule has 0 radical (unpaired) electrons. The summed E-state index contributed by atoms with van der Waals surface area (Å²) in [5, 5.41) is 4.21. The van der Waals surface area contributed by atoms with Gasteiger partial charge in [-0.05, 0) is 59.2 Å². The molecule has 3 heterocycles. The summed E-state index contributed by atoms with van der Waals surface area (Å²) in [6.45, 7) is 0. The van der Waals surface area contributed by atoms with Crippen LogP contribution < -0.4 is 0 Å². The van der Waals surface area contributed by atoms with E-state index in [0.29, 0.717) is 5.82 Å². The first-order valence-electron chi connectivity index (χ1n) is 16.7. The number of para-hydroxylation sites is 2. The van der Waals surface area contributed by atoms with Gasteiger partial charge in [-0.1, -0.05) is 127 Å². The highest BCUT2D eigenvalue weighted by atomic mass is 16.3. The highest BCUT2D eigenvalue weighted by Gasteiger charge is 2.21. The minimum Gasteiger partial charge on any atom is -0.456 e. The van der Waals surface area contributed by atoms with Crippen LogP contribution in [-0.4, -0.2) is 9.97 Å². The zero-order valence-electron chi connectivity index (χ0n) is 26.9. The summed E-state index contributed by atoms with van der Waals surface area (Å²) < 4.78 is 12.9. The van der Waals surface area contributed by atoms with Crippen LogP contribution in [0.2, 0.25) is 0 Å². The Morgan fingerprint density at radius 2 is 0.860 bits per heavy atom. The maximum absolute atomic E-state index is 6.67. The van der Waals surface area contributed by atoms with Crippen molar-refractivity contribution in [3.05, 3.63) is 170 Å². The molecule has 0 unspecified atom stereocenters. The molecule has 0 saturated carbocycles. The molecular weight excluding hydrogens is 613 g/mol. The van der Waals surface area contributed by atoms with Gasteiger partial charge in [0.15, 0.2) is 5.82 Å². The van der Waals surface area contributed by atoms with Crippen LogP contribution in [0.5, 0.6) is 0 Å². The lowest BCUT2D eigenvalue weighted by Crippen LogP contribution is -1.97. The van der Waals surface area contributed by atoms with Gasteiger partial charge in [-0.25, -0.2) is 9.97 Å². The summed E-state index contributed by atoms with van der Waals surface area (Å²) in [5.41, 5.74) is 12.4. The van der Waals surface area contributed by atoms with Gasteiger partial charge >= 0.3 is 0 Å². The zero-order valence-corrected chi connectivity index (χ0v) is 26.9. The molecule has 0 bridgehead atoms. The van der Waals surface area contributed by atoms with Crippen molar-refractivity contribution >= 4 is 43.9 Å². The Hall–Kier alpha value is -6.78. The van der Waals surface area contributed by atoms with Gasteiger partial charge in [0.25, 0.3) is 0 Å². The van der Waals surface area contributed by atoms with Crippen molar-refractivity contribution in [2.45, 2.75) is 0 Å². The first-order chi connectivity index (χ1) is 24.8. The monoisotopic (exact) mass is 640 g/mol. The van der Waals surface area contributed by atoms with E-state index in [9.17, 15) is 0 Å². The van der Waals surface area contributed by atoms with E-state index in [1.54, 1.807) is 0 Å². The molecule has 4 nitrogen and oxygen atoms in total. The maximum Gasteiger partial charge on any atom is 0.161 e. The minimum atomic E-state index is 0.643. The van der Waals surface area contributed by atoms with Crippen molar-refractivity contribution in [3.8, 4) is 56.2 Å². The van der Waals surface area contributed by atoms with Crippen LogP contribution in [0.25, 0.3) is 100 Å². The van der Waals surface area contributed by atoms with Crippen LogP contribution in [0, 0.1) is 0 Å². The maximum atomic E-state index is 6.67. The highest BCUT2D eigenvalue weighted by molar-refractivity contribution is 6.16. The van der Waals surface area contributed by atoms with E-state index in [0.717, 1.165) is 88.6 Å². The molecule has 0 aliphatic rings. The van der Waals surface area contributed by atoms with Gasteiger partial charge in [0.1, 0.15) is 22.3 Å². The van der Waals surface area contributed by atoms with E-state index in [2.05, 4.69) is 115 Å². The molecule has 3 aromatic heterocycles. The van der Waals surface area contributed by atoms with Crippen LogP contribution >= 0.6 is 0 Å². The van der Waals surface area contributed by atoms with E-state index in [-0.39, 0.29) is 0 Å². The molecule has 0 spiro atoms. The Balaban J connectivity index is 1.17. The molecule has 0 amide bonds. The van der Waals surface area contributed by atoms with Crippen molar-refractivity contribution in [1.29, 1.82) is 0 Å². The summed E-state index contributed by atoms with van der Waals surface area (Å²) in [6.07, 6.45) is 0. The van der Waals surface area contributed by atoms with E-state index in [1.165, 1.54) is 5.56 Å². The molecule has 10 aromatic rings. The summed E-state index contributed by atoms with van der Waals surface area (Å²) in [7, 11) is 0. The molecule has 4 heteroatoms. The third-order valence-corrected chi connectivity index (χ3v) is 9.54. The molecule has 50 heavy (non-hydrogen) atoms. The lowest BCUT2D eigenvalue weighted by Gasteiger charge is -2.12. The smallest absolute Gasteiger partial charge is 0.161 e. The van der Waals surface area contributed by atoms with Crippen molar-refractivity contribution in [2.24, 2.45) is 0 Å². The standard InChI is InChI=1S/C46H28N2O2/c1-3-11-29(12-4-1)30-19-21-32(22-20-30)40-28-39(31-13-5-2-6-14-31)47-46(48-40)38-26-25-34(45-44(38)37-16-8-10-18-42(37)50-45)33-23-24-36-35-15-7-9-17-41(35)49-43(36)27-33/h1-28H. The number of fused-ring (bicyclic) bond motifs is 6. The summed E-state index contributed by atoms with van der Waals surface area (Å²) in [4.78, 5) is 10.4. The number of hydrogen-bond donors (Lipinski definition) is 0. The van der Waals surface area contributed by atoms with Crippen LogP contribution in [0.4, 0.5) is 0 Å². The van der Waals surface area contributed by atoms with Gasteiger partial charge in [0, 0.05) is 43.8 Å². The fourth-order valence-electron chi connectivity index (χ4n) is 7.07. The Labute approximate surface area is 287 Å². The molecule has 10 rings (SSSR count). The van der Waals surface area contributed by atoms with E-state index in [1.807, 2.05) is 54.6 Å². The molecule has 234 valence electrons. The SMILES string of the molecule is c1ccc(-c2ccc(-c3cc(-c4ccccc4)nc(-c4ccc(-c5ccc6c(c5)oc5ccccc56)c5oc6ccccc6c45)n3)cc2)cc1. The fourth-order valence-corrected chi connectivity index (χ4v) is 7.07. The topological polar surface area (TPSA) is 52.1 Å². The Morgan fingerprint density at radius 3 is 1.60 bits per heavy atom. The fraction of sp³-hybridized carbons (Fsp3) is 0. The van der Waals surface area contributed by atoms with Gasteiger partial charge in [0.2, 0.25) is 0 Å². The van der Waals surface area contributed by atoms with Gasteiger partial charge < -0.3 is 8.83 Å². The van der Waals surface area contributed by atoms with Crippen LogP contribution in [0.15, 0.2) is 179 Å².